The Labute approximate surface area is 93.2 Å². The summed E-state index contributed by atoms with van der Waals surface area (Å²) in [6, 6.07) is -1.47. The summed E-state index contributed by atoms with van der Waals surface area (Å²) in [5, 5.41) is 8.89. The molecule has 0 bridgehead atoms. The second-order valence-electron chi connectivity index (χ2n) is 4.88. The second kappa shape index (κ2) is 4.16. The van der Waals surface area contributed by atoms with E-state index in [0.717, 1.165) is 4.90 Å². The van der Waals surface area contributed by atoms with Crippen LogP contribution < -0.4 is 0 Å². The Morgan fingerprint density at radius 1 is 1.56 bits per heavy atom. The smallest absolute Gasteiger partial charge is 0.410 e. The molecule has 1 fully saturated rings. The number of alkyl halides is 2. The zero-order chi connectivity index (χ0) is 12.6. The molecule has 0 aliphatic carbocycles. The van der Waals surface area contributed by atoms with E-state index >= 15 is 0 Å². The van der Waals surface area contributed by atoms with Crippen molar-refractivity contribution in [3.8, 4) is 0 Å². The molecule has 1 aliphatic heterocycles. The SMILES string of the molecule is CC(C)(C)OC(=O)N1CCC(F)(F)[C@H]1CO. The first-order valence-corrected chi connectivity index (χ1v) is 5.16. The summed E-state index contributed by atoms with van der Waals surface area (Å²) >= 11 is 0. The zero-order valence-electron chi connectivity index (χ0n) is 9.67. The van der Waals surface area contributed by atoms with Gasteiger partial charge >= 0.3 is 6.09 Å². The molecular weight excluding hydrogens is 220 g/mol. The first-order valence-electron chi connectivity index (χ1n) is 5.16. The van der Waals surface area contributed by atoms with Gasteiger partial charge in [0.15, 0.2) is 0 Å². The van der Waals surface area contributed by atoms with Gasteiger partial charge in [0.05, 0.1) is 6.61 Å². The fourth-order valence-corrected chi connectivity index (χ4v) is 1.59. The Hall–Kier alpha value is -0.910. The van der Waals surface area contributed by atoms with Crippen molar-refractivity contribution in [2.45, 2.75) is 44.8 Å². The Bertz CT molecular complexity index is 276. The van der Waals surface area contributed by atoms with Crippen molar-refractivity contribution in [3.05, 3.63) is 0 Å². The number of carbonyl (C=O) groups is 1. The molecule has 94 valence electrons. The molecule has 1 saturated heterocycles. The number of ether oxygens (including phenoxy) is 1. The van der Waals surface area contributed by atoms with E-state index in [1.165, 1.54) is 0 Å². The molecule has 16 heavy (non-hydrogen) atoms. The van der Waals surface area contributed by atoms with E-state index in [-0.39, 0.29) is 6.54 Å². The van der Waals surface area contributed by atoms with Gasteiger partial charge in [0, 0.05) is 13.0 Å². The fraction of sp³-hybridized carbons (Fsp3) is 0.900. The standard InChI is InChI=1S/C10H17F2NO3/c1-9(2,3)16-8(15)13-5-4-10(11,12)7(13)6-14/h7,14H,4-6H2,1-3H3/t7-/m1/s1. The highest BCUT2D eigenvalue weighted by molar-refractivity contribution is 5.69. The maximum Gasteiger partial charge on any atom is 0.410 e. The predicted molar refractivity (Wildman–Crippen MR) is 53.4 cm³/mol. The summed E-state index contributed by atoms with van der Waals surface area (Å²) in [5.74, 6) is -3.04. The lowest BCUT2D eigenvalue weighted by molar-refractivity contribution is -0.0564. The fourth-order valence-electron chi connectivity index (χ4n) is 1.59. The maximum atomic E-state index is 13.2. The number of aliphatic hydroxyl groups excluding tert-OH is 1. The summed E-state index contributed by atoms with van der Waals surface area (Å²) in [6.45, 7) is 4.13. The van der Waals surface area contributed by atoms with Crippen LogP contribution in [-0.2, 0) is 4.74 Å². The van der Waals surface area contributed by atoms with Gasteiger partial charge in [-0.05, 0) is 20.8 Å². The lowest BCUT2D eigenvalue weighted by Gasteiger charge is -2.28. The van der Waals surface area contributed by atoms with Crippen molar-refractivity contribution >= 4 is 6.09 Å². The van der Waals surface area contributed by atoms with Crippen LogP contribution in [0.25, 0.3) is 0 Å². The third-order valence-corrected chi connectivity index (χ3v) is 2.35. The average Bonchev–Trinajstić information content (AvgIpc) is 2.37. The van der Waals surface area contributed by atoms with Crippen molar-refractivity contribution in [2.24, 2.45) is 0 Å². The van der Waals surface area contributed by atoms with Crippen molar-refractivity contribution in [1.29, 1.82) is 0 Å². The molecule has 1 rings (SSSR count). The van der Waals surface area contributed by atoms with Crippen molar-refractivity contribution in [2.75, 3.05) is 13.2 Å². The van der Waals surface area contributed by atoms with E-state index in [9.17, 15) is 13.6 Å². The van der Waals surface area contributed by atoms with Crippen molar-refractivity contribution in [1.82, 2.24) is 4.90 Å². The molecule has 0 radical (unpaired) electrons. The zero-order valence-corrected chi connectivity index (χ0v) is 9.67. The van der Waals surface area contributed by atoms with E-state index in [1.54, 1.807) is 20.8 Å². The minimum atomic E-state index is -3.04. The van der Waals surface area contributed by atoms with Crippen molar-refractivity contribution in [3.63, 3.8) is 0 Å². The largest absolute Gasteiger partial charge is 0.444 e. The molecule has 1 atom stereocenters. The lowest BCUT2D eigenvalue weighted by atomic mass is 10.1. The summed E-state index contributed by atoms with van der Waals surface area (Å²) in [7, 11) is 0. The van der Waals surface area contributed by atoms with Gasteiger partial charge in [-0.25, -0.2) is 13.6 Å². The van der Waals surface area contributed by atoms with Crippen LogP contribution in [0.15, 0.2) is 0 Å². The Morgan fingerprint density at radius 3 is 2.56 bits per heavy atom. The molecule has 0 saturated carbocycles. The van der Waals surface area contributed by atoms with Gasteiger partial charge in [-0.2, -0.15) is 0 Å². The summed E-state index contributed by atoms with van der Waals surface area (Å²) in [5.41, 5.74) is -0.727. The van der Waals surface area contributed by atoms with Crippen LogP contribution in [0.2, 0.25) is 0 Å². The van der Waals surface area contributed by atoms with Crippen LogP contribution in [0, 0.1) is 0 Å². The number of hydrogen-bond donors (Lipinski definition) is 1. The van der Waals surface area contributed by atoms with Crippen LogP contribution in [0.5, 0.6) is 0 Å². The topological polar surface area (TPSA) is 49.8 Å². The number of aliphatic hydroxyl groups is 1. The highest BCUT2D eigenvalue weighted by atomic mass is 19.3. The molecule has 1 N–H and O–H groups in total. The second-order valence-corrected chi connectivity index (χ2v) is 4.88. The molecule has 0 unspecified atom stereocenters. The van der Waals surface area contributed by atoms with E-state index in [4.69, 9.17) is 9.84 Å². The van der Waals surface area contributed by atoms with Crippen LogP contribution in [0.1, 0.15) is 27.2 Å². The molecule has 0 aromatic rings. The van der Waals surface area contributed by atoms with Crippen LogP contribution in [-0.4, -0.2) is 46.8 Å². The molecule has 0 aromatic heterocycles. The quantitative estimate of drug-likeness (QED) is 0.754. The number of nitrogens with zero attached hydrogens (tertiary/aromatic N) is 1. The van der Waals surface area contributed by atoms with Gasteiger partial charge < -0.3 is 9.84 Å². The van der Waals surface area contributed by atoms with Gasteiger partial charge in [0.2, 0.25) is 0 Å². The van der Waals surface area contributed by atoms with Gasteiger partial charge in [-0.15, -0.1) is 0 Å². The molecule has 4 nitrogen and oxygen atoms in total. The monoisotopic (exact) mass is 237 g/mol. The summed E-state index contributed by atoms with van der Waals surface area (Å²) in [4.78, 5) is 12.5. The molecule has 0 spiro atoms. The number of halogens is 2. The van der Waals surface area contributed by atoms with Crippen LogP contribution in [0.3, 0.4) is 0 Å². The third-order valence-electron chi connectivity index (χ3n) is 2.35. The average molecular weight is 237 g/mol. The third kappa shape index (κ3) is 2.81. The minimum absolute atomic E-state index is 0.0901. The maximum absolute atomic E-state index is 13.2. The van der Waals surface area contributed by atoms with Crippen LogP contribution >= 0.6 is 0 Å². The Kier molecular flexibility index (Phi) is 3.42. The van der Waals surface area contributed by atoms with E-state index < -0.39 is 36.7 Å². The molecule has 0 aromatic carbocycles. The summed E-state index contributed by atoms with van der Waals surface area (Å²) < 4.78 is 31.5. The molecule has 6 heteroatoms. The lowest BCUT2D eigenvalue weighted by Crippen LogP contribution is -2.46. The molecule has 1 heterocycles. The molecule has 1 amide bonds. The van der Waals surface area contributed by atoms with Gasteiger partial charge in [0.25, 0.3) is 5.92 Å². The molecule has 1 aliphatic rings. The Balaban J connectivity index is 2.71. The van der Waals surface area contributed by atoms with E-state index in [1.807, 2.05) is 0 Å². The van der Waals surface area contributed by atoms with Gasteiger partial charge in [-0.1, -0.05) is 0 Å². The molecular formula is C10H17F2NO3. The number of likely N-dealkylation sites (tertiary alicyclic amines) is 1. The number of hydrogen-bond acceptors (Lipinski definition) is 3. The van der Waals surface area contributed by atoms with Crippen molar-refractivity contribution < 1.29 is 23.4 Å². The predicted octanol–water partition coefficient (Wildman–Crippen LogP) is 1.62. The van der Waals surface area contributed by atoms with E-state index in [2.05, 4.69) is 0 Å². The normalized spacial score (nSPS) is 24.6. The number of amides is 1. The first kappa shape index (κ1) is 13.2. The minimum Gasteiger partial charge on any atom is -0.444 e. The highest BCUT2D eigenvalue weighted by Gasteiger charge is 2.51. The highest BCUT2D eigenvalue weighted by Crippen LogP contribution is 2.34. The summed E-state index contributed by atoms with van der Waals surface area (Å²) in [6.07, 6.45) is -1.24. The number of rotatable bonds is 1. The van der Waals surface area contributed by atoms with Gasteiger partial charge in [-0.3, -0.25) is 4.90 Å². The number of carbonyl (C=O) groups excluding carboxylic acids is 1. The Morgan fingerprint density at radius 2 is 2.12 bits per heavy atom. The van der Waals surface area contributed by atoms with Crippen LogP contribution in [0.4, 0.5) is 13.6 Å². The van der Waals surface area contributed by atoms with E-state index in [0.29, 0.717) is 0 Å². The first-order chi connectivity index (χ1) is 7.17. The van der Waals surface area contributed by atoms with Gasteiger partial charge in [0.1, 0.15) is 11.6 Å².